The van der Waals surface area contributed by atoms with Gasteiger partial charge in [-0.25, -0.2) is 9.78 Å². The first kappa shape index (κ1) is 31.5. The topological polar surface area (TPSA) is 122 Å². The normalized spacial score (nSPS) is 22.0. The molecule has 0 aromatic carbocycles. The molecule has 10 nitrogen and oxygen atoms in total. The standard InChI is InChI=1S/C34H46N6O4/c1-22(2)40-21-29(19-37-40)28-15-16-35-32(17-28)39(33(41)27-11-5-24(6-12-27)18-36-34(42)43)20-25-7-9-26(10-8-25)30-13-14-31(44-4)23(3)38-30/h13-17,19,21-22,24-27,36H,5-12,18,20H2,1-4H3,(H,42,43)/t24-,25-,26-,27-. The lowest BCUT2D eigenvalue weighted by Crippen LogP contribution is -2.42. The number of carbonyl (C=O) groups excluding carboxylic acids is 1. The molecule has 44 heavy (non-hydrogen) atoms. The second-order valence-corrected chi connectivity index (χ2v) is 12.8. The van der Waals surface area contributed by atoms with Gasteiger partial charge in [-0.1, -0.05) is 0 Å². The van der Waals surface area contributed by atoms with E-state index in [1.807, 2.05) is 47.1 Å². The van der Waals surface area contributed by atoms with Gasteiger partial charge < -0.3 is 15.2 Å². The van der Waals surface area contributed by atoms with Gasteiger partial charge in [0.2, 0.25) is 5.91 Å². The number of nitrogens with zero attached hydrogens (tertiary/aromatic N) is 5. The van der Waals surface area contributed by atoms with Crippen molar-refractivity contribution in [3.63, 3.8) is 0 Å². The number of hydrogen-bond donors (Lipinski definition) is 2. The minimum Gasteiger partial charge on any atom is -0.495 e. The fourth-order valence-electron chi connectivity index (χ4n) is 6.79. The minimum absolute atomic E-state index is 0.0898. The zero-order chi connectivity index (χ0) is 31.2. The van der Waals surface area contributed by atoms with Gasteiger partial charge in [0.15, 0.2) is 0 Å². The Morgan fingerprint density at radius 1 is 1.05 bits per heavy atom. The smallest absolute Gasteiger partial charge is 0.404 e. The molecule has 0 bridgehead atoms. The minimum atomic E-state index is -0.994. The largest absolute Gasteiger partial charge is 0.495 e. The van der Waals surface area contributed by atoms with Crippen LogP contribution < -0.4 is 15.0 Å². The number of hydrogen-bond acceptors (Lipinski definition) is 6. The highest BCUT2D eigenvalue weighted by Gasteiger charge is 2.33. The van der Waals surface area contributed by atoms with Gasteiger partial charge in [-0.05, 0) is 114 Å². The van der Waals surface area contributed by atoms with Crippen molar-refractivity contribution in [1.29, 1.82) is 0 Å². The van der Waals surface area contributed by atoms with Crippen LogP contribution in [0, 0.1) is 24.7 Å². The third-order valence-corrected chi connectivity index (χ3v) is 9.47. The molecule has 2 amide bonds. The molecule has 236 valence electrons. The van der Waals surface area contributed by atoms with Crippen LogP contribution in [-0.2, 0) is 4.79 Å². The maximum Gasteiger partial charge on any atom is 0.404 e. The van der Waals surface area contributed by atoms with Crippen LogP contribution in [0.2, 0.25) is 0 Å². The van der Waals surface area contributed by atoms with Crippen molar-refractivity contribution in [2.45, 2.75) is 84.1 Å². The van der Waals surface area contributed by atoms with E-state index in [0.717, 1.165) is 79.6 Å². The summed E-state index contributed by atoms with van der Waals surface area (Å²) in [4.78, 5) is 36.7. The van der Waals surface area contributed by atoms with Gasteiger partial charge in [-0.2, -0.15) is 5.10 Å². The van der Waals surface area contributed by atoms with E-state index in [1.165, 1.54) is 0 Å². The fourth-order valence-corrected chi connectivity index (χ4v) is 6.79. The zero-order valence-corrected chi connectivity index (χ0v) is 26.4. The van der Waals surface area contributed by atoms with Crippen LogP contribution >= 0.6 is 0 Å². The molecular formula is C34H46N6O4. The van der Waals surface area contributed by atoms with Gasteiger partial charge in [-0.15, -0.1) is 0 Å². The van der Waals surface area contributed by atoms with Crippen LogP contribution in [0.15, 0.2) is 42.9 Å². The molecule has 0 saturated heterocycles. The number of methoxy groups -OCH3 is 1. The van der Waals surface area contributed by atoms with E-state index in [-0.39, 0.29) is 23.8 Å². The Morgan fingerprint density at radius 2 is 1.77 bits per heavy atom. The number of aryl methyl sites for hydroxylation is 1. The molecule has 2 aliphatic carbocycles. The molecule has 0 unspecified atom stereocenters. The van der Waals surface area contributed by atoms with Gasteiger partial charge in [0.05, 0.1) is 19.0 Å². The molecule has 5 rings (SSSR count). The zero-order valence-electron chi connectivity index (χ0n) is 26.4. The summed E-state index contributed by atoms with van der Waals surface area (Å²) in [5.41, 5.74) is 4.04. The van der Waals surface area contributed by atoms with Crippen molar-refractivity contribution in [2.24, 2.45) is 17.8 Å². The summed E-state index contributed by atoms with van der Waals surface area (Å²) in [6, 6.07) is 8.36. The Bertz CT molecular complexity index is 1420. The molecule has 3 aromatic rings. The molecule has 2 aliphatic rings. The number of pyridine rings is 2. The molecule has 0 radical (unpaired) electrons. The van der Waals surface area contributed by atoms with E-state index in [9.17, 15) is 9.59 Å². The van der Waals surface area contributed by atoms with Gasteiger partial charge in [0.25, 0.3) is 0 Å². The van der Waals surface area contributed by atoms with Crippen LogP contribution in [0.3, 0.4) is 0 Å². The quantitative estimate of drug-likeness (QED) is 0.267. The van der Waals surface area contributed by atoms with Crippen molar-refractivity contribution >= 4 is 17.8 Å². The lowest BCUT2D eigenvalue weighted by molar-refractivity contribution is -0.123. The summed E-state index contributed by atoms with van der Waals surface area (Å²) < 4.78 is 7.34. The summed E-state index contributed by atoms with van der Waals surface area (Å²) in [5.74, 6) is 2.60. The van der Waals surface area contributed by atoms with Crippen LogP contribution in [0.5, 0.6) is 5.75 Å². The van der Waals surface area contributed by atoms with E-state index >= 15 is 0 Å². The monoisotopic (exact) mass is 602 g/mol. The second kappa shape index (κ2) is 14.2. The summed E-state index contributed by atoms with van der Waals surface area (Å²) in [6.45, 7) is 7.27. The number of carboxylic acid groups (broad SMARTS) is 1. The Hall–Kier alpha value is -3.95. The van der Waals surface area contributed by atoms with Crippen molar-refractivity contribution < 1.29 is 19.4 Å². The summed E-state index contributed by atoms with van der Waals surface area (Å²) in [7, 11) is 1.67. The van der Waals surface area contributed by atoms with E-state index in [1.54, 1.807) is 13.3 Å². The molecule has 10 heteroatoms. The summed E-state index contributed by atoms with van der Waals surface area (Å²) >= 11 is 0. The van der Waals surface area contributed by atoms with E-state index in [2.05, 4.69) is 30.3 Å². The Balaban J connectivity index is 1.31. The van der Waals surface area contributed by atoms with Crippen LogP contribution in [-0.4, -0.2) is 57.1 Å². The van der Waals surface area contributed by atoms with E-state index in [4.69, 9.17) is 19.8 Å². The Labute approximate surface area is 260 Å². The summed E-state index contributed by atoms with van der Waals surface area (Å²) in [5, 5.41) is 16.0. The number of nitrogens with one attached hydrogen (secondary N) is 1. The van der Waals surface area contributed by atoms with E-state index in [0.29, 0.717) is 30.7 Å². The number of amides is 2. The Morgan fingerprint density at radius 3 is 2.41 bits per heavy atom. The lowest BCUT2D eigenvalue weighted by atomic mass is 9.79. The molecule has 2 fully saturated rings. The Kier molecular flexibility index (Phi) is 10.2. The molecule has 3 heterocycles. The second-order valence-electron chi connectivity index (χ2n) is 12.8. The SMILES string of the molecule is COc1ccc([C@H]2CC[C@H](CN(c3cc(-c4cnn(C(C)C)c4)ccn3)C(=O)[C@H]3CC[C@H](CNC(=O)O)CC3)CC2)nc1C. The average Bonchev–Trinajstić information content (AvgIpc) is 3.54. The van der Waals surface area contributed by atoms with E-state index < -0.39 is 6.09 Å². The van der Waals surface area contributed by atoms with Gasteiger partial charge in [0, 0.05) is 54.6 Å². The van der Waals surface area contributed by atoms with Gasteiger partial charge >= 0.3 is 6.09 Å². The molecule has 2 N–H and O–H groups in total. The van der Waals surface area contributed by atoms with Gasteiger partial charge in [-0.3, -0.25) is 19.4 Å². The van der Waals surface area contributed by atoms with Crippen LogP contribution in [0.4, 0.5) is 10.6 Å². The molecular weight excluding hydrogens is 556 g/mol. The van der Waals surface area contributed by atoms with Gasteiger partial charge in [0.1, 0.15) is 11.6 Å². The fraction of sp³-hybridized carbons (Fsp3) is 0.559. The maximum absolute atomic E-state index is 14.2. The highest BCUT2D eigenvalue weighted by atomic mass is 16.5. The average molecular weight is 603 g/mol. The first-order chi connectivity index (χ1) is 21.2. The van der Waals surface area contributed by atoms with Crippen LogP contribution in [0.25, 0.3) is 11.1 Å². The molecule has 0 spiro atoms. The number of ether oxygens (including phenoxy) is 1. The first-order valence-electron chi connectivity index (χ1n) is 16.0. The highest BCUT2D eigenvalue weighted by Crippen LogP contribution is 2.38. The number of carbonyl (C=O) groups is 2. The van der Waals surface area contributed by atoms with Crippen molar-refractivity contribution in [1.82, 2.24) is 25.1 Å². The third-order valence-electron chi connectivity index (χ3n) is 9.47. The van der Waals surface area contributed by atoms with Crippen molar-refractivity contribution in [2.75, 3.05) is 25.1 Å². The predicted molar refractivity (Wildman–Crippen MR) is 170 cm³/mol. The first-order valence-corrected chi connectivity index (χ1v) is 16.0. The van der Waals surface area contributed by atoms with Crippen molar-refractivity contribution in [3.8, 4) is 16.9 Å². The third kappa shape index (κ3) is 7.57. The lowest BCUT2D eigenvalue weighted by Gasteiger charge is -2.35. The molecule has 3 aromatic heterocycles. The highest BCUT2D eigenvalue weighted by molar-refractivity contribution is 5.94. The van der Waals surface area contributed by atoms with Crippen molar-refractivity contribution in [3.05, 3.63) is 54.2 Å². The maximum atomic E-state index is 14.2. The molecule has 0 atom stereocenters. The summed E-state index contributed by atoms with van der Waals surface area (Å²) in [6.07, 6.45) is 12.0. The molecule has 0 aliphatic heterocycles. The number of aromatic nitrogens is 4. The molecule has 2 saturated carbocycles. The predicted octanol–water partition coefficient (Wildman–Crippen LogP) is 6.62. The van der Waals surface area contributed by atoms with Crippen LogP contribution in [0.1, 0.15) is 88.6 Å². The number of anilines is 1. The number of rotatable bonds is 10.